The first-order chi connectivity index (χ1) is 12.2. The molecule has 8 heteroatoms. The van der Waals surface area contributed by atoms with Gasteiger partial charge in [0.2, 0.25) is 11.9 Å². The van der Waals surface area contributed by atoms with Gasteiger partial charge in [0.1, 0.15) is 6.07 Å². The van der Waals surface area contributed by atoms with Crippen molar-refractivity contribution in [3.8, 4) is 17.5 Å². The van der Waals surface area contributed by atoms with Gasteiger partial charge in [-0.25, -0.2) is 0 Å². The summed E-state index contributed by atoms with van der Waals surface area (Å²) in [5, 5.41) is 20.3. The summed E-state index contributed by atoms with van der Waals surface area (Å²) in [5.41, 5.74) is 1.97. The lowest BCUT2D eigenvalue weighted by Crippen LogP contribution is -2.13. The van der Waals surface area contributed by atoms with Crippen LogP contribution < -0.4 is 5.32 Å². The molecule has 0 saturated carbocycles. The molecule has 0 radical (unpaired) electrons. The maximum absolute atomic E-state index is 12.0. The molecule has 0 unspecified atom stereocenters. The molecule has 2 heterocycles. The van der Waals surface area contributed by atoms with Crippen molar-refractivity contribution in [2.24, 2.45) is 0 Å². The Hall–Kier alpha value is -3.24. The number of nitrogens with zero attached hydrogens (tertiary/aromatic N) is 4. The van der Waals surface area contributed by atoms with Crippen molar-refractivity contribution in [1.82, 2.24) is 20.2 Å². The van der Waals surface area contributed by atoms with Crippen LogP contribution in [0.15, 0.2) is 42.7 Å². The molecule has 0 bridgehead atoms. The van der Waals surface area contributed by atoms with E-state index in [4.69, 9.17) is 16.9 Å². The van der Waals surface area contributed by atoms with E-state index in [1.54, 1.807) is 24.4 Å². The molecule has 7 nitrogen and oxygen atoms in total. The van der Waals surface area contributed by atoms with Crippen LogP contribution in [-0.4, -0.2) is 26.1 Å². The van der Waals surface area contributed by atoms with Crippen molar-refractivity contribution in [2.45, 2.75) is 12.8 Å². The smallest absolute Gasteiger partial charge is 0.228 e. The summed E-state index contributed by atoms with van der Waals surface area (Å²) in [4.78, 5) is 18.8. The Labute approximate surface area is 148 Å². The molecule has 2 N–H and O–H groups in total. The predicted octanol–water partition coefficient (Wildman–Crippen LogP) is 2.96. The van der Waals surface area contributed by atoms with Crippen LogP contribution in [0.4, 0.5) is 5.95 Å². The van der Waals surface area contributed by atoms with E-state index in [0.717, 1.165) is 5.56 Å². The van der Waals surface area contributed by atoms with Crippen LogP contribution in [-0.2, 0) is 11.2 Å². The number of rotatable bonds is 5. The van der Waals surface area contributed by atoms with E-state index in [1.165, 1.54) is 6.20 Å². The van der Waals surface area contributed by atoms with Crippen LogP contribution in [0.2, 0.25) is 5.02 Å². The van der Waals surface area contributed by atoms with Gasteiger partial charge >= 0.3 is 0 Å². The molecule has 2 aromatic heterocycles. The zero-order valence-corrected chi connectivity index (χ0v) is 13.8. The van der Waals surface area contributed by atoms with E-state index in [1.807, 2.05) is 18.2 Å². The van der Waals surface area contributed by atoms with Crippen molar-refractivity contribution >= 4 is 23.5 Å². The molecule has 25 heavy (non-hydrogen) atoms. The number of aromatic amines is 1. The lowest BCUT2D eigenvalue weighted by Gasteiger charge is -2.02. The number of halogens is 1. The van der Waals surface area contributed by atoms with Crippen molar-refractivity contribution in [1.29, 1.82) is 5.26 Å². The maximum Gasteiger partial charge on any atom is 0.228 e. The number of anilines is 1. The van der Waals surface area contributed by atoms with E-state index in [2.05, 4.69) is 25.5 Å². The Morgan fingerprint density at radius 3 is 2.80 bits per heavy atom. The monoisotopic (exact) mass is 352 g/mol. The van der Waals surface area contributed by atoms with Crippen molar-refractivity contribution in [3.63, 3.8) is 0 Å². The summed E-state index contributed by atoms with van der Waals surface area (Å²) >= 11 is 5.83. The molecule has 0 fully saturated rings. The standard InChI is InChI=1S/C17H13ClN6O/c18-13-4-1-11(2-5-13)3-6-15(25)21-17-22-16(23-24-17)14-7-8-20-10-12(14)9-19/h1-2,4-5,7-8,10H,3,6H2,(H2,21,22,23,24,25). The van der Waals surface area contributed by atoms with E-state index >= 15 is 0 Å². The van der Waals surface area contributed by atoms with Gasteiger partial charge in [0.05, 0.1) is 5.56 Å². The second-order valence-corrected chi connectivity index (χ2v) is 5.67. The highest BCUT2D eigenvalue weighted by Crippen LogP contribution is 2.19. The highest BCUT2D eigenvalue weighted by atomic mass is 35.5. The van der Waals surface area contributed by atoms with Gasteiger partial charge in [-0.2, -0.15) is 5.26 Å². The molecular formula is C17H13ClN6O. The van der Waals surface area contributed by atoms with E-state index in [0.29, 0.717) is 34.8 Å². The summed E-state index contributed by atoms with van der Waals surface area (Å²) in [6, 6.07) is 11.0. The number of nitriles is 1. The number of pyridine rings is 1. The van der Waals surface area contributed by atoms with Gasteiger partial charge in [0.25, 0.3) is 0 Å². The van der Waals surface area contributed by atoms with Crippen molar-refractivity contribution in [2.75, 3.05) is 5.32 Å². The van der Waals surface area contributed by atoms with Gasteiger partial charge in [-0.3, -0.25) is 15.1 Å². The number of hydrogen-bond donors (Lipinski definition) is 2. The average molecular weight is 353 g/mol. The molecule has 0 spiro atoms. The number of nitrogens with one attached hydrogen (secondary N) is 2. The second-order valence-electron chi connectivity index (χ2n) is 5.23. The molecule has 0 aliphatic rings. The minimum absolute atomic E-state index is 0.187. The van der Waals surface area contributed by atoms with E-state index in [-0.39, 0.29) is 11.9 Å². The number of benzene rings is 1. The normalized spacial score (nSPS) is 10.2. The number of H-pyrrole nitrogens is 1. The third-order valence-electron chi connectivity index (χ3n) is 3.50. The number of hydrogen-bond acceptors (Lipinski definition) is 5. The lowest BCUT2D eigenvalue weighted by molar-refractivity contribution is -0.116. The number of aromatic nitrogens is 4. The molecular weight excluding hydrogens is 340 g/mol. The SMILES string of the molecule is N#Cc1cnccc1-c1nnc(NC(=O)CCc2ccc(Cl)cc2)[nH]1. The number of carbonyl (C=O) groups excluding carboxylic acids is 1. The molecule has 124 valence electrons. The summed E-state index contributed by atoms with van der Waals surface area (Å²) in [6.45, 7) is 0. The first-order valence-electron chi connectivity index (χ1n) is 7.47. The fourth-order valence-corrected chi connectivity index (χ4v) is 2.36. The average Bonchev–Trinajstić information content (AvgIpc) is 3.09. The Morgan fingerprint density at radius 1 is 1.24 bits per heavy atom. The molecule has 1 amide bonds. The van der Waals surface area contributed by atoms with Crippen LogP contribution in [0.5, 0.6) is 0 Å². The number of amides is 1. The third-order valence-corrected chi connectivity index (χ3v) is 3.75. The predicted molar refractivity (Wildman–Crippen MR) is 92.7 cm³/mol. The van der Waals surface area contributed by atoms with Crippen LogP contribution in [0.3, 0.4) is 0 Å². The first-order valence-corrected chi connectivity index (χ1v) is 7.85. The fraction of sp³-hybridized carbons (Fsp3) is 0.118. The molecule has 3 aromatic rings. The third kappa shape index (κ3) is 4.19. The van der Waals surface area contributed by atoms with Crippen molar-refractivity contribution < 1.29 is 4.79 Å². The minimum Gasteiger partial charge on any atom is -0.307 e. The zero-order chi connectivity index (χ0) is 17.6. The largest absolute Gasteiger partial charge is 0.307 e. The van der Waals surface area contributed by atoms with Crippen LogP contribution in [0, 0.1) is 11.3 Å². The Bertz CT molecular complexity index is 929. The van der Waals surface area contributed by atoms with Crippen LogP contribution in [0.25, 0.3) is 11.4 Å². The fourth-order valence-electron chi connectivity index (χ4n) is 2.23. The minimum atomic E-state index is -0.187. The lowest BCUT2D eigenvalue weighted by atomic mass is 10.1. The molecule has 3 rings (SSSR count). The highest BCUT2D eigenvalue weighted by Gasteiger charge is 2.11. The molecule has 0 aliphatic carbocycles. The van der Waals surface area contributed by atoms with Crippen LogP contribution >= 0.6 is 11.6 Å². The number of carbonyl (C=O) groups is 1. The quantitative estimate of drug-likeness (QED) is 0.734. The van der Waals surface area contributed by atoms with Gasteiger partial charge in [0.15, 0.2) is 5.82 Å². The topological polar surface area (TPSA) is 107 Å². The molecule has 0 saturated heterocycles. The Balaban J connectivity index is 1.62. The molecule has 0 atom stereocenters. The second kappa shape index (κ2) is 7.55. The van der Waals surface area contributed by atoms with Gasteiger partial charge in [-0.05, 0) is 30.2 Å². The van der Waals surface area contributed by atoms with Gasteiger partial charge in [-0.1, -0.05) is 23.7 Å². The Morgan fingerprint density at radius 2 is 2.04 bits per heavy atom. The van der Waals surface area contributed by atoms with Gasteiger partial charge < -0.3 is 4.98 Å². The van der Waals surface area contributed by atoms with Crippen molar-refractivity contribution in [3.05, 3.63) is 58.9 Å². The Kier molecular flexibility index (Phi) is 5.02. The van der Waals surface area contributed by atoms with Gasteiger partial charge in [0, 0.05) is 29.4 Å². The summed E-state index contributed by atoms with van der Waals surface area (Å²) in [5.74, 6) is 0.441. The maximum atomic E-state index is 12.0. The summed E-state index contributed by atoms with van der Waals surface area (Å²) < 4.78 is 0. The zero-order valence-electron chi connectivity index (χ0n) is 13.0. The summed E-state index contributed by atoms with van der Waals surface area (Å²) in [6.07, 6.45) is 3.90. The highest BCUT2D eigenvalue weighted by molar-refractivity contribution is 6.30. The van der Waals surface area contributed by atoms with E-state index < -0.39 is 0 Å². The van der Waals surface area contributed by atoms with E-state index in [9.17, 15) is 4.79 Å². The molecule has 0 aliphatic heterocycles. The van der Waals surface area contributed by atoms with Gasteiger partial charge in [-0.15, -0.1) is 10.2 Å². The molecule has 1 aromatic carbocycles. The van der Waals surface area contributed by atoms with Crippen LogP contribution in [0.1, 0.15) is 17.5 Å². The first kappa shape index (κ1) is 16.6. The number of aryl methyl sites for hydroxylation is 1. The summed E-state index contributed by atoms with van der Waals surface area (Å²) in [7, 11) is 0.